The van der Waals surface area contributed by atoms with Crippen molar-refractivity contribution in [3.63, 3.8) is 0 Å². The van der Waals surface area contributed by atoms with Gasteiger partial charge in [-0.1, -0.05) is 18.1 Å². The van der Waals surface area contributed by atoms with Gasteiger partial charge in [-0.25, -0.2) is 0 Å². The quantitative estimate of drug-likeness (QED) is 0.808. The van der Waals surface area contributed by atoms with Crippen LogP contribution in [0, 0.1) is 33.1 Å². The lowest BCUT2D eigenvalue weighted by atomic mass is 10.0. The third-order valence-corrected chi connectivity index (χ3v) is 3.02. The average Bonchev–Trinajstić information content (AvgIpc) is 2.25. The molecule has 0 spiro atoms. The smallest absolute Gasteiger partial charge is 0.317 e. The molecule has 1 rings (SSSR count). The van der Waals surface area contributed by atoms with Crippen molar-refractivity contribution >= 4 is 5.97 Å². The second-order valence-electron chi connectivity index (χ2n) is 4.61. The van der Waals surface area contributed by atoms with Crippen molar-refractivity contribution in [2.24, 2.45) is 0 Å². The molecule has 0 heterocycles. The first-order valence-electron chi connectivity index (χ1n) is 5.88. The van der Waals surface area contributed by atoms with Crippen molar-refractivity contribution in [2.75, 3.05) is 13.1 Å². The van der Waals surface area contributed by atoms with Crippen LogP contribution in [0.3, 0.4) is 0 Å². The predicted molar refractivity (Wildman–Crippen MR) is 72.4 cm³/mol. The minimum Gasteiger partial charge on any atom is -0.480 e. The van der Waals surface area contributed by atoms with E-state index in [0.29, 0.717) is 13.1 Å². The molecule has 0 aliphatic carbocycles. The molecule has 0 radical (unpaired) electrons. The van der Waals surface area contributed by atoms with Crippen LogP contribution >= 0.6 is 0 Å². The summed E-state index contributed by atoms with van der Waals surface area (Å²) in [6.45, 7) is 7.05. The molecule has 18 heavy (non-hydrogen) atoms. The standard InChI is InChI=1S/C15H19NO2/c1-5-6-16(10-15(17)18)9-14-8-12(3)11(2)7-13(14)4/h1,7-8H,6,9-10H2,2-4H3,(H,17,18). The molecule has 3 nitrogen and oxygen atoms in total. The lowest BCUT2D eigenvalue weighted by Crippen LogP contribution is -2.30. The van der Waals surface area contributed by atoms with Crippen LogP contribution in [0.5, 0.6) is 0 Å². The van der Waals surface area contributed by atoms with Crippen molar-refractivity contribution in [2.45, 2.75) is 27.3 Å². The van der Waals surface area contributed by atoms with E-state index < -0.39 is 5.97 Å². The number of aryl methyl sites for hydroxylation is 3. The minimum atomic E-state index is -0.855. The number of terminal acetylenes is 1. The first kappa shape index (κ1) is 14.3. The number of benzene rings is 1. The van der Waals surface area contributed by atoms with Crippen LogP contribution in [0.1, 0.15) is 22.3 Å². The monoisotopic (exact) mass is 245 g/mol. The zero-order valence-corrected chi connectivity index (χ0v) is 11.2. The Balaban J connectivity index is 2.90. The largest absolute Gasteiger partial charge is 0.480 e. The first-order chi connectivity index (χ1) is 8.43. The van der Waals surface area contributed by atoms with Crippen molar-refractivity contribution in [1.29, 1.82) is 0 Å². The Morgan fingerprint density at radius 2 is 1.89 bits per heavy atom. The maximum absolute atomic E-state index is 10.8. The maximum atomic E-state index is 10.8. The number of hydrogen-bond acceptors (Lipinski definition) is 2. The van der Waals surface area contributed by atoms with Crippen LogP contribution in [0.4, 0.5) is 0 Å². The molecule has 0 bridgehead atoms. The second kappa shape index (κ2) is 6.23. The molecular formula is C15H19NO2. The van der Waals surface area contributed by atoms with E-state index in [1.807, 2.05) is 6.92 Å². The van der Waals surface area contributed by atoms with Gasteiger partial charge in [-0.15, -0.1) is 6.42 Å². The predicted octanol–water partition coefficient (Wildman–Crippen LogP) is 2.13. The highest BCUT2D eigenvalue weighted by Crippen LogP contribution is 2.17. The number of rotatable bonds is 5. The fourth-order valence-electron chi connectivity index (χ4n) is 1.92. The molecule has 0 aromatic heterocycles. The molecule has 0 aliphatic heterocycles. The summed E-state index contributed by atoms with van der Waals surface area (Å²) in [5, 5.41) is 8.85. The summed E-state index contributed by atoms with van der Waals surface area (Å²) < 4.78 is 0. The summed E-state index contributed by atoms with van der Waals surface area (Å²) in [7, 11) is 0. The third-order valence-electron chi connectivity index (χ3n) is 3.02. The number of carboxylic acids is 1. The SMILES string of the molecule is C#CCN(CC(=O)O)Cc1cc(C)c(C)cc1C. The van der Waals surface area contributed by atoms with Gasteiger partial charge in [-0.3, -0.25) is 9.69 Å². The molecule has 0 fully saturated rings. The van der Waals surface area contributed by atoms with Gasteiger partial charge < -0.3 is 5.11 Å². The van der Waals surface area contributed by atoms with Gasteiger partial charge in [0.05, 0.1) is 13.1 Å². The van der Waals surface area contributed by atoms with Crippen molar-refractivity contribution < 1.29 is 9.90 Å². The van der Waals surface area contributed by atoms with Crippen LogP contribution in [0.15, 0.2) is 12.1 Å². The molecule has 96 valence electrons. The Morgan fingerprint density at radius 3 is 2.44 bits per heavy atom. The summed E-state index contributed by atoms with van der Waals surface area (Å²) in [6, 6.07) is 4.23. The molecule has 0 amide bonds. The molecule has 1 aromatic carbocycles. The molecular weight excluding hydrogens is 226 g/mol. The number of carbonyl (C=O) groups is 1. The highest BCUT2D eigenvalue weighted by atomic mass is 16.4. The zero-order valence-electron chi connectivity index (χ0n) is 11.2. The van der Waals surface area contributed by atoms with Gasteiger partial charge in [0.2, 0.25) is 0 Å². The molecule has 0 saturated heterocycles. The van der Waals surface area contributed by atoms with E-state index in [1.54, 1.807) is 4.90 Å². The normalized spacial score (nSPS) is 10.4. The number of nitrogens with zero attached hydrogens (tertiary/aromatic N) is 1. The van der Waals surface area contributed by atoms with Gasteiger partial charge in [-0.05, 0) is 43.0 Å². The van der Waals surface area contributed by atoms with Crippen LogP contribution < -0.4 is 0 Å². The fraction of sp³-hybridized carbons (Fsp3) is 0.400. The maximum Gasteiger partial charge on any atom is 0.317 e. The second-order valence-corrected chi connectivity index (χ2v) is 4.61. The Hall–Kier alpha value is -1.79. The van der Waals surface area contributed by atoms with Gasteiger partial charge in [0.1, 0.15) is 0 Å². The molecule has 0 aliphatic rings. The van der Waals surface area contributed by atoms with Crippen LogP contribution in [-0.4, -0.2) is 29.1 Å². The van der Waals surface area contributed by atoms with Crippen molar-refractivity contribution in [3.05, 3.63) is 34.4 Å². The van der Waals surface area contributed by atoms with Crippen LogP contribution in [0.25, 0.3) is 0 Å². The van der Waals surface area contributed by atoms with E-state index >= 15 is 0 Å². The van der Waals surface area contributed by atoms with Gasteiger partial charge in [0, 0.05) is 6.54 Å². The van der Waals surface area contributed by atoms with Gasteiger partial charge in [0.15, 0.2) is 0 Å². The summed E-state index contributed by atoms with van der Waals surface area (Å²) in [4.78, 5) is 12.5. The van der Waals surface area contributed by atoms with E-state index in [9.17, 15) is 4.79 Å². The number of hydrogen-bond donors (Lipinski definition) is 1. The average molecular weight is 245 g/mol. The number of carboxylic acid groups (broad SMARTS) is 1. The van der Waals surface area contributed by atoms with Crippen molar-refractivity contribution in [1.82, 2.24) is 4.90 Å². The Bertz CT molecular complexity index is 486. The lowest BCUT2D eigenvalue weighted by Gasteiger charge is -2.19. The van der Waals surface area contributed by atoms with Crippen molar-refractivity contribution in [3.8, 4) is 12.3 Å². The molecule has 0 atom stereocenters. The molecule has 1 aromatic rings. The highest BCUT2D eigenvalue weighted by Gasteiger charge is 2.11. The molecule has 1 N–H and O–H groups in total. The molecule has 0 saturated carbocycles. The minimum absolute atomic E-state index is 0.0312. The summed E-state index contributed by atoms with van der Waals surface area (Å²) >= 11 is 0. The first-order valence-corrected chi connectivity index (χ1v) is 5.88. The topological polar surface area (TPSA) is 40.5 Å². The Morgan fingerprint density at radius 1 is 1.28 bits per heavy atom. The number of aliphatic carboxylic acids is 1. The molecule has 3 heteroatoms. The fourth-order valence-corrected chi connectivity index (χ4v) is 1.92. The van der Waals surface area contributed by atoms with E-state index in [1.165, 1.54) is 16.7 Å². The van der Waals surface area contributed by atoms with Gasteiger partial charge in [0.25, 0.3) is 0 Å². The van der Waals surface area contributed by atoms with E-state index in [4.69, 9.17) is 11.5 Å². The summed E-state index contributed by atoms with van der Waals surface area (Å²) in [6.07, 6.45) is 5.27. The van der Waals surface area contributed by atoms with E-state index in [-0.39, 0.29) is 6.54 Å². The molecule has 0 unspecified atom stereocenters. The Kier molecular flexibility index (Phi) is 4.94. The van der Waals surface area contributed by atoms with E-state index in [2.05, 4.69) is 31.9 Å². The van der Waals surface area contributed by atoms with Crippen LogP contribution in [-0.2, 0) is 11.3 Å². The lowest BCUT2D eigenvalue weighted by molar-refractivity contribution is -0.138. The zero-order chi connectivity index (χ0) is 13.7. The highest BCUT2D eigenvalue weighted by molar-refractivity contribution is 5.69. The van der Waals surface area contributed by atoms with Gasteiger partial charge >= 0.3 is 5.97 Å². The summed E-state index contributed by atoms with van der Waals surface area (Å²) in [5.74, 6) is 1.65. The van der Waals surface area contributed by atoms with E-state index in [0.717, 1.165) is 5.56 Å². The summed E-state index contributed by atoms with van der Waals surface area (Å²) in [5.41, 5.74) is 4.77. The van der Waals surface area contributed by atoms with Crippen LogP contribution in [0.2, 0.25) is 0 Å². The Labute approximate surface area is 108 Å². The van der Waals surface area contributed by atoms with Gasteiger partial charge in [-0.2, -0.15) is 0 Å². The third kappa shape index (κ3) is 3.90.